The van der Waals surface area contributed by atoms with Gasteiger partial charge in [0.25, 0.3) is 0 Å². The average Bonchev–Trinajstić information content (AvgIpc) is 2.75. The van der Waals surface area contributed by atoms with Gasteiger partial charge in [0.1, 0.15) is 0 Å². The van der Waals surface area contributed by atoms with Crippen LogP contribution in [0.2, 0.25) is 0 Å². The third-order valence-corrected chi connectivity index (χ3v) is 3.84. The first-order chi connectivity index (χ1) is 11.8. The minimum Gasteiger partial charge on any atom is -0.351 e. The molecule has 0 unspecified atom stereocenters. The average molecular weight is 343 g/mol. The number of nitrogens with zero attached hydrogens (tertiary/aromatic N) is 2. The first-order valence-corrected chi connectivity index (χ1v) is 8.25. The Morgan fingerprint density at radius 2 is 1.68 bits per heavy atom. The van der Waals surface area contributed by atoms with Gasteiger partial charge in [-0.25, -0.2) is 4.79 Å². The highest BCUT2D eigenvalue weighted by atomic mass is 16.2. The summed E-state index contributed by atoms with van der Waals surface area (Å²) in [5.74, 6) is 0.387. The number of anilines is 2. The number of carbonyl (C=O) groups excluding carboxylic acids is 2. The van der Waals surface area contributed by atoms with Crippen LogP contribution >= 0.6 is 0 Å². The Morgan fingerprint density at radius 3 is 2.20 bits per heavy atom. The zero-order chi connectivity index (χ0) is 18.6. The number of nitrogens with one attached hydrogen (secondary N) is 2. The lowest BCUT2D eigenvalue weighted by atomic mass is 10.1. The third kappa shape index (κ3) is 5.07. The van der Waals surface area contributed by atoms with Gasteiger partial charge < -0.3 is 16.4 Å². The zero-order valence-corrected chi connectivity index (χ0v) is 15.1. The largest absolute Gasteiger partial charge is 0.351 e. The summed E-state index contributed by atoms with van der Waals surface area (Å²) in [6, 6.07) is 6.16. The van der Waals surface area contributed by atoms with Gasteiger partial charge in [-0.2, -0.15) is 5.10 Å². The van der Waals surface area contributed by atoms with E-state index >= 15 is 0 Å². The molecular weight excluding hydrogens is 318 g/mol. The van der Waals surface area contributed by atoms with E-state index in [-0.39, 0.29) is 12.3 Å². The second-order valence-corrected chi connectivity index (χ2v) is 6.52. The summed E-state index contributed by atoms with van der Waals surface area (Å²) >= 11 is 0. The molecule has 0 atom stereocenters. The number of urea groups is 1. The molecule has 0 saturated heterocycles. The Balaban J connectivity index is 2.03. The second-order valence-electron chi connectivity index (χ2n) is 6.52. The molecule has 0 fully saturated rings. The first-order valence-electron chi connectivity index (χ1n) is 8.25. The topological polar surface area (TPSA) is 102 Å². The summed E-state index contributed by atoms with van der Waals surface area (Å²) in [6.45, 7) is 9.04. The van der Waals surface area contributed by atoms with Gasteiger partial charge in [-0.15, -0.1) is 0 Å². The summed E-state index contributed by atoms with van der Waals surface area (Å²) < 4.78 is 1.97. The van der Waals surface area contributed by atoms with E-state index in [9.17, 15) is 9.59 Å². The second kappa shape index (κ2) is 7.83. The fourth-order valence-corrected chi connectivity index (χ4v) is 2.66. The van der Waals surface area contributed by atoms with Gasteiger partial charge in [0.15, 0.2) is 0 Å². The van der Waals surface area contributed by atoms with Crippen molar-refractivity contribution in [2.24, 2.45) is 11.7 Å². The minimum atomic E-state index is -0.624. The number of aryl methyl sites for hydroxylation is 1. The molecule has 25 heavy (non-hydrogen) atoms. The zero-order valence-electron chi connectivity index (χ0n) is 15.1. The van der Waals surface area contributed by atoms with Gasteiger partial charge in [0.2, 0.25) is 5.91 Å². The van der Waals surface area contributed by atoms with Crippen LogP contribution in [0.4, 0.5) is 16.2 Å². The minimum absolute atomic E-state index is 0.106. The number of hydrogen-bond acceptors (Lipinski definition) is 3. The molecule has 0 radical (unpaired) electrons. The van der Waals surface area contributed by atoms with Gasteiger partial charge in [0, 0.05) is 29.2 Å². The molecule has 2 rings (SSSR count). The molecule has 1 heterocycles. The maximum Gasteiger partial charge on any atom is 0.316 e. The van der Waals surface area contributed by atoms with Crippen molar-refractivity contribution in [3.05, 3.63) is 41.2 Å². The predicted octanol–water partition coefficient (Wildman–Crippen LogP) is 2.83. The third-order valence-electron chi connectivity index (χ3n) is 3.84. The summed E-state index contributed by atoms with van der Waals surface area (Å²) in [7, 11) is 0. The van der Waals surface area contributed by atoms with Crippen LogP contribution in [0.25, 0.3) is 0 Å². The van der Waals surface area contributed by atoms with Crippen molar-refractivity contribution in [1.29, 1.82) is 0 Å². The van der Waals surface area contributed by atoms with Gasteiger partial charge in [-0.1, -0.05) is 13.8 Å². The lowest BCUT2D eigenvalue weighted by molar-refractivity contribution is -0.115. The highest BCUT2D eigenvalue weighted by Crippen LogP contribution is 2.17. The Bertz CT molecular complexity index is 763. The van der Waals surface area contributed by atoms with Crippen molar-refractivity contribution in [3.8, 4) is 0 Å². The van der Waals surface area contributed by atoms with Crippen LogP contribution < -0.4 is 16.4 Å². The summed E-state index contributed by atoms with van der Waals surface area (Å²) in [6.07, 6.45) is 0.275. The number of amides is 3. The quantitative estimate of drug-likeness (QED) is 0.751. The van der Waals surface area contributed by atoms with Crippen molar-refractivity contribution in [3.63, 3.8) is 0 Å². The van der Waals surface area contributed by atoms with Crippen LogP contribution in [0, 0.1) is 19.8 Å². The molecule has 0 aliphatic heterocycles. The van der Waals surface area contributed by atoms with Gasteiger partial charge >= 0.3 is 6.03 Å². The molecule has 0 saturated carbocycles. The van der Waals surface area contributed by atoms with E-state index in [2.05, 4.69) is 29.6 Å². The number of rotatable bonds is 6. The lowest BCUT2D eigenvalue weighted by Crippen LogP contribution is -2.19. The number of carbonyl (C=O) groups is 2. The van der Waals surface area contributed by atoms with Gasteiger partial charge in [0.05, 0.1) is 12.1 Å². The number of primary amides is 1. The van der Waals surface area contributed by atoms with Crippen LogP contribution in [-0.4, -0.2) is 21.7 Å². The van der Waals surface area contributed by atoms with E-state index < -0.39 is 6.03 Å². The van der Waals surface area contributed by atoms with Crippen molar-refractivity contribution < 1.29 is 9.59 Å². The molecule has 7 heteroatoms. The number of hydrogen-bond donors (Lipinski definition) is 3. The number of benzene rings is 1. The molecular formula is C18H25N5O2. The van der Waals surface area contributed by atoms with Crippen LogP contribution in [-0.2, 0) is 17.8 Å². The highest BCUT2D eigenvalue weighted by Gasteiger charge is 2.15. The Hall–Kier alpha value is -2.83. The van der Waals surface area contributed by atoms with E-state index in [4.69, 9.17) is 5.73 Å². The molecule has 1 aromatic carbocycles. The highest BCUT2D eigenvalue weighted by molar-refractivity contribution is 5.93. The van der Waals surface area contributed by atoms with Gasteiger partial charge in [-0.05, 0) is 44.0 Å². The normalized spacial score (nSPS) is 10.8. The SMILES string of the molecule is Cc1nn(CC(C)C)c(C)c1CC(=O)Nc1ccc(NC(N)=O)cc1. The maximum absolute atomic E-state index is 12.3. The first kappa shape index (κ1) is 18.5. The molecule has 4 N–H and O–H groups in total. The standard InChI is InChI=1S/C18H25N5O2/c1-11(2)10-23-13(4)16(12(3)22-23)9-17(24)20-14-5-7-15(8-6-14)21-18(19)25/h5-8,11H,9-10H2,1-4H3,(H,20,24)(H3,19,21,25). The number of nitrogens with two attached hydrogens (primary N) is 1. The van der Waals surface area contributed by atoms with Crippen molar-refractivity contribution in [2.75, 3.05) is 10.6 Å². The molecule has 2 aromatic rings. The molecule has 0 aliphatic rings. The van der Waals surface area contributed by atoms with Crippen LogP contribution in [0.3, 0.4) is 0 Å². The molecule has 7 nitrogen and oxygen atoms in total. The summed E-state index contributed by atoms with van der Waals surface area (Å²) in [4.78, 5) is 23.1. The van der Waals surface area contributed by atoms with E-state index in [0.29, 0.717) is 17.3 Å². The molecule has 0 aliphatic carbocycles. The lowest BCUT2D eigenvalue weighted by Gasteiger charge is -2.09. The Labute approximate surface area is 147 Å². The van der Waals surface area contributed by atoms with Crippen molar-refractivity contribution in [1.82, 2.24) is 9.78 Å². The Morgan fingerprint density at radius 1 is 1.12 bits per heavy atom. The molecule has 0 spiro atoms. The summed E-state index contributed by atoms with van der Waals surface area (Å²) in [5.41, 5.74) is 9.17. The molecule has 134 valence electrons. The van der Waals surface area contributed by atoms with Crippen molar-refractivity contribution >= 4 is 23.3 Å². The maximum atomic E-state index is 12.3. The van der Waals surface area contributed by atoms with Crippen LogP contribution in [0.5, 0.6) is 0 Å². The molecule has 1 aromatic heterocycles. The fourth-order valence-electron chi connectivity index (χ4n) is 2.66. The van der Waals surface area contributed by atoms with Crippen LogP contribution in [0.1, 0.15) is 30.8 Å². The monoisotopic (exact) mass is 343 g/mol. The smallest absolute Gasteiger partial charge is 0.316 e. The summed E-state index contributed by atoms with van der Waals surface area (Å²) in [5, 5.41) is 9.86. The molecule has 0 bridgehead atoms. The van der Waals surface area contributed by atoms with E-state index in [1.54, 1.807) is 24.3 Å². The fraction of sp³-hybridized carbons (Fsp3) is 0.389. The van der Waals surface area contributed by atoms with Crippen molar-refractivity contribution in [2.45, 2.75) is 40.7 Å². The Kier molecular flexibility index (Phi) is 5.80. The predicted molar refractivity (Wildman–Crippen MR) is 98.5 cm³/mol. The van der Waals surface area contributed by atoms with E-state index in [1.807, 2.05) is 18.5 Å². The van der Waals surface area contributed by atoms with Crippen LogP contribution in [0.15, 0.2) is 24.3 Å². The van der Waals surface area contributed by atoms with E-state index in [1.165, 1.54) is 0 Å². The van der Waals surface area contributed by atoms with Gasteiger partial charge in [-0.3, -0.25) is 9.48 Å². The molecule has 3 amide bonds. The number of aromatic nitrogens is 2. The van der Waals surface area contributed by atoms with E-state index in [0.717, 1.165) is 23.5 Å².